The summed E-state index contributed by atoms with van der Waals surface area (Å²) >= 11 is 0. The van der Waals surface area contributed by atoms with Gasteiger partial charge in [0.2, 0.25) is 10.0 Å². The zero-order chi connectivity index (χ0) is 17.5. The molecule has 0 spiro atoms. The summed E-state index contributed by atoms with van der Waals surface area (Å²) in [5.74, 6) is -0.532. The first-order valence-electron chi connectivity index (χ1n) is 6.55. The zero-order valence-electron chi connectivity index (χ0n) is 12.6. The van der Waals surface area contributed by atoms with Gasteiger partial charge in [-0.1, -0.05) is 18.7 Å². The SMILES string of the molecule is C=C(C)C(=O)OCCNC(=O)OCc1ccc(S(N)(=O)=O)cc1. The number of ether oxygens (including phenoxy) is 2. The monoisotopic (exact) mass is 342 g/mol. The maximum absolute atomic E-state index is 11.4. The summed E-state index contributed by atoms with van der Waals surface area (Å²) in [7, 11) is -3.75. The molecule has 0 aliphatic rings. The largest absolute Gasteiger partial charge is 0.460 e. The molecule has 0 heterocycles. The van der Waals surface area contributed by atoms with Crippen LogP contribution in [0.5, 0.6) is 0 Å². The number of rotatable bonds is 7. The molecule has 0 saturated carbocycles. The number of carbonyl (C=O) groups is 2. The summed E-state index contributed by atoms with van der Waals surface area (Å²) in [5.41, 5.74) is 0.872. The number of sulfonamides is 1. The van der Waals surface area contributed by atoms with Crippen LogP contribution in [0.25, 0.3) is 0 Å². The lowest BCUT2D eigenvalue weighted by Gasteiger charge is -2.08. The smallest absolute Gasteiger partial charge is 0.407 e. The average molecular weight is 342 g/mol. The van der Waals surface area contributed by atoms with Gasteiger partial charge in [-0.25, -0.2) is 23.1 Å². The second-order valence-corrected chi connectivity index (χ2v) is 6.17. The van der Waals surface area contributed by atoms with Gasteiger partial charge in [-0.15, -0.1) is 0 Å². The predicted molar refractivity (Wildman–Crippen MR) is 81.8 cm³/mol. The number of nitrogens with two attached hydrogens (primary N) is 1. The summed E-state index contributed by atoms with van der Waals surface area (Å²) in [4.78, 5) is 22.5. The van der Waals surface area contributed by atoms with Crippen molar-refractivity contribution in [1.29, 1.82) is 0 Å². The van der Waals surface area contributed by atoms with E-state index in [1.165, 1.54) is 31.2 Å². The highest BCUT2D eigenvalue weighted by Crippen LogP contribution is 2.09. The molecule has 0 fully saturated rings. The van der Waals surface area contributed by atoms with Crippen LogP contribution < -0.4 is 10.5 Å². The molecule has 0 aliphatic carbocycles. The van der Waals surface area contributed by atoms with Crippen LogP contribution in [0.2, 0.25) is 0 Å². The van der Waals surface area contributed by atoms with Gasteiger partial charge in [0, 0.05) is 5.57 Å². The van der Waals surface area contributed by atoms with Crippen LogP contribution in [0.4, 0.5) is 4.79 Å². The normalized spacial score (nSPS) is 10.7. The maximum atomic E-state index is 11.4. The number of benzene rings is 1. The third-order valence-corrected chi connectivity index (χ3v) is 3.50. The van der Waals surface area contributed by atoms with E-state index in [-0.39, 0.29) is 30.2 Å². The Morgan fingerprint density at radius 2 is 1.83 bits per heavy atom. The molecular formula is C14H18N2O6S. The number of alkyl carbamates (subject to hydrolysis) is 1. The third-order valence-electron chi connectivity index (χ3n) is 2.57. The van der Waals surface area contributed by atoms with Crippen molar-refractivity contribution in [2.75, 3.05) is 13.2 Å². The van der Waals surface area contributed by atoms with Gasteiger partial charge >= 0.3 is 12.1 Å². The van der Waals surface area contributed by atoms with E-state index in [1.54, 1.807) is 0 Å². The Balaban J connectivity index is 2.31. The molecule has 1 amide bonds. The minimum Gasteiger partial charge on any atom is -0.460 e. The van der Waals surface area contributed by atoms with Crippen LogP contribution in [0.3, 0.4) is 0 Å². The molecule has 23 heavy (non-hydrogen) atoms. The molecule has 8 nitrogen and oxygen atoms in total. The molecule has 0 aliphatic heterocycles. The van der Waals surface area contributed by atoms with Crippen LogP contribution in [0.15, 0.2) is 41.3 Å². The Labute approximate surface area is 134 Å². The van der Waals surface area contributed by atoms with E-state index in [4.69, 9.17) is 14.6 Å². The highest BCUT2D eigenvalue weighted by Gasteiger charge is 2.08. The van der Waals surface area contributed by atoms with Gasteiger partial charge in [-0.05, 0) is 24.6 Å². The molecule has 0 atom stereocenters. The highest BCUT2D eigenvalue weighted by molar-refractivity contribution is 7.89. The molecule has 126 valence electrons. The van der Waals surface area contributed by atoms with Crippen molar-refractivity contribution >= 4 is 22.1 Å². The molecule has 3 N–H and O–H groups in total. The van der Waals surface area contributed by atoms with Crippen molar-refractivity contribution in [1.82, 2.24) is 5.32 Å². The minimum atomic E-state index is -3.75. The second kappa shape index (κ2) is 8.30. The summed E-state index contributed by atoms with van der Waals surface area (Å²) in [6, 6.07) is 5.62. The van der Waals surface area contributed by atoms with Crippen molar-refractivity contribution in [3.8, 4) is 0 Å². The van der Waals surface area contributed by atoms with E-state index in [1.807, 2.05) is 0 Å². The Morgan fingerprint density at radius 1 is 1.22 bits per heavy atom. The molecule has 0 aromatic heterocycles. The summed E-state index contributed by atoms with van der Waals surface area (Å²) in [6.07, 6.45) is -0.688. The van der Waals surface area contributed by atoms with E-state index in [0.717, 1.165) is 0 Å². The molecule has 1 aromatic carbocycles. The summed E-state index contributed by atoms with van der Waals surface area (Å²) < 4.78 is 31.9. The fraction of sp³-hybridized carbons (Fsp3) is 0.286. The fourth-order valence-corrected chi connectivity index (χ4v) is 1.91. The summed E-state index contributed by atoms with van der Waals surface area (Å²) in [6.45, 7) is 5.00. The van der Waals surface area contributed by atoms with E-state index in [2.05, 4.69) is 11.9 Å². The Kier molecular flexibility index (Phi) is 6.73. The van der Waals surface area contributed by atoms with Crippen molar-refractivity contribution < 1.29 is 27.5 Å². The fourth-order valence-electron chi connectivity index (χ4n) is 1.40. The van der Waals surface area contributed by atoms with Crippen molar-refractivity contribution in [3.05, 3.63) is 42.0 Å². The van der Waals surface area contributed by atoms with E-state index >= 15 is 0 Å². The molecule has 1 rings (SSSR count). The molecule has 1 aromatic rings. The van der Waals surface area contributed by atoms with Gasteiger partial charge in [0.15, 0.2) is 0 Å². The first-order chi connectivity index (χ1) is 10.7. The van der Waals surface area contributed by atoms with Crippen LogP contribution in [-0.4, -0.2) is 33.6 Å². The number of esters is 1. The van der Waals surface area contributed by atoms with Crippen LogP contribution in [-0.2, 0) is 30.9 Å². The molecule has 0 saturated heterocycles. The minimum absolute atomic E-state index is 0.00382. The Morgan fingerprint density at radius 3 is 2.35 bits per heavy atom. The molecule has 9 heteroatoms. The Bertz CT molecular complexity index is 682. The Hall–Kier alpha value is -2.39. The quantitative estimate of drug-likeness (QED) is 0.426. The zero-order valence-corrected chi connectivity index (χ0v) is 13.4. The summed E-state index contributed by atoms with van der Waals surface area (Å²) in [5, 5.41) is 7.37. The number of amides is 1. The number of carbonyl (C=O) groups excluding carboxylic acids is 2. The maximum Gasteiger partial charge on any atom is 0.407 e. The standard InChI is InChI=1S/C14H18N2O6S/c1-10(2)13(17)21-8-7-16-14(18)22-9-11-3-5-12(6-4-11)23(15,19)20/h3-6H,1,7-9H2,2H3,(H,16,18)(H2,15,19,20). The van der Waals surface area contributed by atoms with Gasteiger partial charge in [0.05, 0.1) is 11.4 Å². The third kappa shape index (κ3) is 6.94. The number of nitrogens with one attached hydrogen (secondary N) is 1. The predicted octanol–water partition coefficient (Wildman–Crippen LogP) is 0.679. The van der Waals surface area contributed by atoms with Crippen molar-refractivity contribution in [2.45, 2.75) is 18.4 Å². The van der Waals surface area contributed by atoms with Crippen LogP contribution in [0, 0.1) is 0 Å². The number of hydrogen-bond acceptors (Lipinski definition) is 6. The first-order valence-corrected chi connectivity index (χ1v) is 8.10. The van der Waals surface area contributed by atoms with Gasteiger partial charge in [-0.3, -0.25) is 0 Å². The van der Waals surface area contributed by atoms with Crippen molar-refractivity contribution in [3.63, 3.8) is 0 Å². The molecular weight excluding hydrogens is 324 g/mol. The molecule has 0 bridgehead atoms. The lowest BCUT2D eigenvalue weighted by molar-refractivity contribution is -0.138. The van der Waals surface area contributed by atoms with Gasteiger partial charge < -0.3 is 14.8 Å². The van der Waals surface area contributed by atoms with E-state index in [9.17, 15) is 18.0 Å². The van der Waals surface area contributed by atoms with Crippen LogP contribution in [0.1, 0.15) is 12.5 Å². The van der Waals surface area contributed by atoms with Crippen molar-refractivity contribution in [2.24, 2.45) is 5.14 Å². The number of hydrogen-bond donors (Lipinski definition) is 2. The van der Waals surface area contributed by atoms with Gasteiger partial charge in [0.1, 0.15) is 13.2 Å². The van der Waals surface area contributed by atoms with Gasteiger partial charge in [0.25, 0.3) is 0 Å². The lowest BCUT2D eigenvalue weighted by Crippen LogP contribution is -2.28. The second-order valence-electron chi connectivity index (χ2n) is 4.61. The highest BCUT2D eigenvalue weighted by atomic mass is 32.2. The van der Waals surface area contributed by atoms with Gasteiger partial charge in [-0.2, -0.15) is 0 Å². The lowest BCUT2D eigenvalue weighted by atomic mass is 10.2. The average Bonchev–Trinajstić information content (AvgIpc) is 2.48. The number of primary sulfonamides is 1. The van der Waals surface area contributed by atoms with Crippen LogP contribution >= 0.6 is 0 Å². The molecule has 0 radical (unpaired) electrons. The topological polar surface area (TPSA) is 125 Å². The van der Waals surface area contributed by atoms with E-state index < -0.39 is 22.1 Å². The molecule has 0 unspecified atom stereocenters. The van der Waals surface area contributed by atoms with E-state index in [0.29, 0.717) is 5.56 Å². The first kappa shape index (κ1) is 18.7.